The van der Waals surface area contributed by atoms with Crippen LogP contribution in [0.1, 0.15) is 21.5 Å². The Bertz CT molecular complexity index is 960. The van der Waals surface area contributed by atoms with Crippen LogP contribution in [0.4, 0.5) is 5.82 Å². The number of piperazine rings is 1. The summed E-state index contributed by atoms with van der Waals surface area (Å²) in [4.78, 5) is 26.6. The minimum atomic E-state index is 0.0801. The van der Waals surface area contributed by atoms with Crippen molar-refractivity contribution in [3.63, 3.8) is 0 Å². The third-order valence-electron chi connectivity index (χ3n) is 5.15. The fraction of sp³-hybridized carbons (Fsp3) is 0.318. The molecule has 3 aromatic rings. The Balaban J connectivity index is 1.52. The van der Waals surface area contributed by atoms with Gasteiger partial charge in [-0.05, 0) is 49.4 Å². The van der Waals surface area contributed by atoms with Crippen molar-refractivity contribution >= 4 is 22.5 Å². The van der Waals surface area contributed by atoms with E-state index in [1.165, 1.54) is 0 Å². The van der Waals surface area contributed by atoms with Gasteiger partial charge in [0.25, 0.3) is 0 Å². The van der Waals surface area contributed by atoms with Crippen molar-refractivity contribution in [3.05, 3.63) is 65.5 Å². The number of pyridine rings is 2. The van der Waals surface area contributed by atoms with Crippen LogP contribution in [0.3, 0.4) is 0 Å². The third-order valence-corrected chi connectivity index (χ3v) is 5.15. The summed E-state index contributed by atoms with van der Waals surface area (Å²) in [6.07, 6.45) is 3.91. The van der Waals surface area contributed by atoms with E-state index in [1.807, 2.05) is 43.5 Å². The van der Waals surface area contributed by atoms with Gasteiger partial charge < -0.3 is 9.80 Å². The predicted octanol–water partition coefficient (Wildman–Crippen LogP) is 3.12. The SMILES string of the molecule is Cc1cc(C(=O)Cc2ccc(N3CCN(C)CC3)nc2)c2ncccc2c1. The molecular weight excluding hydrogens is 336 g/mol. The molecule has 27 heavy (non-hydrogen) atoms. The first-order valence-electron chi connectivity index (χ1n) is 9.37. The van der Waals surface area contributed by atoms with Crippen LogP contribution in [-0.2, 0) is 6.42 Å². The van der Waals surface area contributed by atoms with Gasteiger partial charge in [-0.3, -0.25) is 9.78 Å². The number of fused-ring (bicyclic) bond motifs is 1. The molecule has 1 aliphatic rings. The molecule has 0 saturated carbocycles. The molecule has 0 amide bonds. The fourth-order valence-electron chi connectivity index (χ4n) is 3.58. The van der Waals surface area contributed by atoms with Crippen molar-refractivity contribution in [2.45, 2.75) is 13.3 Å². The number of aryl methyl sites for hydroxylation is 1. The van der Waals surface area contributed by atoms with Crippen LogP contribution in [0.25, 0.3) is 10.9 Å². The van der Waals surface area contributed by atoms with E-state index in [9.17, 15) is 4.79 Å². The van der Waals surface area contributed by atoms with E-state index in [4.69, 9.17) is 0 Å². The highest BCUT2D eigenvalue weighted by Crippen LogP contribution is 2.21. The minimum absolute atomic E-state index is 0.0801. The van der Waals surface area contributed by atoms with Gasteiger partial charge in [0, 0.05) is 55.9 Å². The number of Topliss-reactive ketones (excluding diaryl/α,β-unsaturated/α-hetero) is 1. The molecule has 0 bridgehead atoms. The van der Waals surface area contributed by atoms with Gasteiger partial charge in [0.2, 0.25) is 0 Å². The molecule has 1 aromatic carbocycles. The molecule has 0 radical (unpaired) electrons. The Morgan fingerprint density at radius 1 is 1.07 bits per heavy atom. The zero-order chi connectivity index (χ0) is 18.8. The predicted molar refractivity (Wildman–Crippen MR) is 108 cm³/mol. The Kier molecular flexibility index (Phi) is 4.86. The topological polar surface area (TPSA) is 49.3 Å². The largest absolute Gasteiger partial charge is 0.354 e. The monoisotopic (exact) mass is 360 g/mol. The van der Waals surface area contributed by atoms with Gasteiger partial charge in [0.15, 0.2) is 5.78 Å². The number of carbonyl (C=O) groups excluding carboxylic acids is 1. The smallest absolute Gasteiger partial charge is 0.169 e. The molecule has 0 aliphatic carbocycles. The highest BCUT2D eigenvalue weighted by molar-refractivity contribution is 6.07. The molecule has 0 unspecified atom stereocenters. The van der Waals surface area contributed by atoms with Gasteiger partial charge in [-0.15, -0.1) is 0 Å². The van der Waals surface area contributed by atoms with Gasteiger partial charge in [-0.25, -0.2) is 4.98 Å². The normalized spacial score (nSPS) is 15.3. The molecule has 0 atom stereocenters. The van der Waals surface area contributed by atoms with E-state index < -0.39 is 0 Å². The van der Waals surface area contributed by atoms with E-state index >= 15 is 0 Å². The van der Waals surface area contributed by atoms with E-state index in [0.717, 1.165) is 54.0 Å². The van der Waals surface area contributed by atoms with Crippen molar-refractivity contribution in [1.82, 2.24) is 14.9 Å². The molecule has 0 spiro atoms. The van der Waals surface area contributed by atoms with Gasteiger partial charge in [-0.2, -0.15) is 0 Å². The Labute approximate surface area is 159 Å². The van der Waals surface area contributed by atoms with Gasteiger partial charge in [0.1, 0.15) is 5.82 Å². The first-order valence-corrected chi connectivity index (χ1v) is 9.37. The summed E-state index contributed by atoms with van der Waals surface area (Å²) in [5.74, 6) is 1.07. The number of nitrogens with zero attached hydrogens (tertiary/aromatic N) is 4. The zero-order valence-corrected chi connectivity index (χ0v) is 15.9. The van der Waals surface area contributed by atoms with Crippen molar-refractivity contribution < 1.29 is 4.79 Å². The molecule has 0 N–H and O–H groups in total. The number of likely N-dealkylation sites (N-methyl/N-ethyl adjacent to an activating group) is 1. The lowest BCUT2D eigenvalue weighted by molar-refractivity contribution is 0.0994. The lowest BCUT2D eigenvalue weighted by Crippen LogP contribution is -2.44. The average Bonchev–Trinajstić information content (AvgIpc) is 2.68. The molecule has 5 nitrogen and oxygen atoms in total. The summed E-state index contributed by atoms with van der Waals surface area (Å²) in [5.41, 5.74) is 3.47. The maximum absolute atomic E-state index is 12.9. The van der Waals surface area contributed by atoms with Crippen LogP contribution < -0.4 is 4.90 Å². The number of hydrogen-bond acceptors (Lipinski definition) is 5. The van der Waals surface area contributed by atoms with Crippen molar-refractivity contribution in [1.29, 1.82) is 0 Å². The molecule has 3 heterocycles. The fourth-order valence-corrected chi connectivity index (χ4v) is 3.58. The number of aromatic nitrogens is 2. The number of hydrogen-bond donors (Lipinski definition) is 0. The van der Waals surface area contributed by atoms with E-state index in [1.54, 1.807) is 6.20 Å². The van der Waals surface area contributed by atoms with Gasteiger partial charge in [-0.1, -0.05) is 12.1 Å². The lowest BCUT2D eigenvalue weighted by atomic mass is 9.99. The first-order chi connectivity index (χ1) is 13.1. The molecule has 1 aliphatic heterocycles. The molecule has 4 rings (SSSR count). The second-order valence-electron chi connectivity index (χ2n) is 7.30. The third kappa shape index (κ3) is 3.83. The summed E-state index contributed by atoms with van der Waals surface area (Å²) in [6, 6.07) is 11.9. The maximum atomic E-state index is 12.9. The van der Waals surface area contributed by atoms with Crippen molar-refractivity contribution in [3.8, 4) is 0 Å². The van der Waals surface area contributed by atoms with Crippen LogP contribution in [0.15, 0.2) is 48.8 Å². The lowest BCUT2D eigenvalue weighted by Gasteiger charge is -2.33. The highest BCUT2D eigenvalue weighted by atomic mass is 16.1. The highest BCUT2D eigenvalue weighted by Gasteiger charge is 2.16. The Hall–Kier alpha value is -2.79. The summed E-state index contributed by atoms with van der Waals surface area (Å²) in [7, 11) is 2.14. The molecular formula is C22H24N4O. The molecule has 5 heteroatoms. The van der Waals surface area contributed by atoms with E-state index in [2.05, 4.69) is 32.9 Å². The molecule has 1 fully saturated rings. The van der Waals surface area contributed by atoms with E-state index in [0.29, 0.717) is 12.0 Å². The van der Waals surface area contributed by atoms with Gasteiger partial charge in [0.05, 0.1) is 5.52 Å². The van der Waals surface area contributed by atoms with Crippen LogP contribution in [0, 0.1) is 6.92 Å². The summed E-state index contributed by atoms with van der Waals surface area (Å²) in [6.45, 7) is 6.09. The molecule has 138 valence electrons. The van der Waals surface area contributed by atoms with Crippen molar-refractivity contribution in [2.75, 3.05) is 38.1 Å². The van der Waals surface area contributed by atoms with Crippen LogP contribution >= 0.6 is 0 Å². The van der Waals surface area contributed by atoms with Crippen molar-refractivity contribution in [2.24, 2.45) is 0 Å². The number of benzene rings is 1. The number of anilines is 1. The summed E-state index contributed by atoms with van der Waals surface area (Å²) in [5, 5.41) is 1.00. The first kappa shape index (κ1) is 17.6. The second-order valence-corrected chi connectivity index (χ2v) is 7.30. The summed E-state index contributed by atoms with van der Waals surface area (Å²) >= 11 is 0. The van der Waals surface area contributed by atoms with Gasteiger partial charge >= 0.3 is 0 Å². The van der Waals surface area contributed by atoms with Crippen LogP contribution in [0.2, 0.25) is 0 Å². The van der Waals surface area contributed by atoms with Crippen LogP contribution in [-0.4, -0.2) is 53.9 Å². The standard InChI is InChI=1S/C22H24N4O/c1-16-12-18-4-3-7-23-22(18)19(13-16)20(27)14-17-5-6-21(24-15-17)26-10-8-25(2)9-11-26/h3-7,12-13,15H,8-11,14H2,1-2H3. The zero-order valence-electron chi connectivity index (χ0n) is 15.9. The average molecular weight is 360 g/mol. The molecule has 1 saturated heterocycles. The Morgan fingerprint density at radius 2 is 1.89 bits per heavy atom. The minimum Gasteiger partial charge on any atom is -0.354 e. The molecule has 2 aromatic heterocycles. The van der Waals surface area contributed by atoms with Crippen LogP contribution in [0.5, 0.6) is 0 Å². The number of ketones is 1. The number of carbonyl (C=O) groups is 1. The van der Waals surface area contributed by atoms with E-state index in [-0.39, 0.29) is 5.78 Å². The summed E-state index contributed by atoms with van der Waals surface area (Å²) < 4.78 is 0. The second kappa shape index (κ2) is 7.45. The Morgan fingerprint density at radius 3 is 2.63 bits per heavy atom. The quantitative estimate of drug-likeness (QED) is 0.669. The number of rotatable bonds is 4. The maximum Gasteiger partial charge on any atom is 0.169 e.